The Kier molecular flexibility index (Phi) is 7.33. The Labute approximate surface area is 143 Å². The van der Waals surface area contributed by atoms with Crippen LogP contribution >= 0.6 is 15.9 Å². The lowest BCUT2D eigenvalue weighted by atomic mass is 10.2. The fourth-order valence-corrected chi connectivity index (χ4v) is 2.06. The molecule has 0 aliphatic rings. The number of carbonyl (C=O) groups is 1. The van der Waals surface area contributed by atoms with Gasteiger partial charge in [0, 0.05) is 14.1 Å². The highest BCUT2D eigenvalue weighted by molar-refractivity contribution is 9.10. The van der Waals surface area contributed by atoms with Crippen molar-refractivity contribution in [2.24, 2.45) is 21.7 Å². The molecular formula is C14H20BrN5O3. The maximum absolute atomic E-state index is 11.7. The van der Waals surface area contributed by atoms with Crippen molar-refractivity contribution < 1.29 is 14.3 Å². The lowest BCUT2D eigenvalue weighted by Gasteiger charge is -2.16. The number of halogens is 1. The summed E-state index contributed by atoms with van der Waals surface area (Å²) in [5, 5.41) is 7.28. The molecule has 0 fully saturated rings. The van der Waals surface area contributed by atoms with Gasteiger partial charge in [0.05, 0.1) is 17.3 Å². The number of amides is 1. The lowest BCUT2D eigenvalue weighted by Crippen LogP contribution is -2.27. The molecule has 0 saturated carbocycles. The monoisotopic (exact) mass is 385 g/mol. The second-order valence-electron chi connectivity index (χ2n) is 4.61. The van der Waals surface area contributed by atoms with Crippen LogP contribution in [-0.2, 0) is 4.79 Å². The van der Waals surface area contributed by atoms with E-state index in [0.29, 0.717) is 28.1 Å². The molecule has 0 bridgehead atoms. The molecule has 1 aromatic rings. The molecule has 1 aromatic carbocycles. The minimum absolute atomic E-state index is 0.0902. The highest BCUT2D eigenvalue weighted by atomic mass is 79.9. The average Bonchev–Trinajstić information content (AvgIpc) is 2.45. The molecule has 4 N–H and O–H groups in total. The number of guanidine groups is 1. The van der Waals surface area contributed by atoms with Crippen LogP contribution in [0.25, 0.3) is 0 Å². The number of rotatable bonds is 7. The third-order valence-electron chi connectivity index (χ3n) is 2.55. The molecule has 0 heterocycles. The smallest absolute Gasteiger partial charge is 0.259 e. The summed E-state index contributed by atoms with van der Waals surface area (Å²) in [5.74, 6) is 0.644. The second-order valence-corrected chi connectivity index (χ2v) is 5.46. The van der Waals surface area contributed by atoms with Gasteiger partial charge in [0.2, 0.25) is 5.96 Å². The number of hydrogen-bond donors (Lipinski definition) is 2. The Hall–Kier alpha value is -2.29. The summed E-state index contributed by atoms with van der Waals surface area (Å²) in [6, 6.07) is 3.47. The van der Waals surface area contributed by atoms with E-state index in [1.165, 1.54) is 11.1 Å². The third kappa shape index (κ3) is 6.15. The molecule has 1 rings (SSSR count). The van der Waals surface area contributed by atoms with Gasteiger partial charge in [-0.3, -0.25) is 4.79 Å². The molecule has 9 heteroatoms. The van der Waals surface area contributed by atoms with E-state index >= 15 is 0 Å². The van der Waals surface area contributed by atoms with E-state index < -0.39 is 0 Å². The van der Waals surface area contributed by atoms with Crippen molar-refractivity contribution in [3.8, 4) is 11.5 Å². The summed E-state index contributed by atoms with van der Waals surface area (Å²) >= 11 is 3.40. The number of carbonyl (C=O) groups excluding carboxylic acids is 1. The van der Waals surface area contributed by atoms with Gasteiger partial charge >= 0.3 is 0 Å². The SMILES string of the molecule is CCOc1cc(/C=N\N=C(N)N)cc(Br)c1OCC(=O)N(C)C. The maximum Gasteiger partial charge on any atom is 0.259 e. The summed E-state index contributed by atoms with van der Waals surface area (Å²) in [6.45, 7) is 2.20. The second kappa shape index (κ2) is 8.99. The molecule has 0 aromatic heterocycles. The molecule has 126 valence electrons. The highest BCUT2D eigenvalue weighted by Crippen LogP contribution is 2.36. The fourth-order valence-electron chi connectivity index (χ4n) is 1.49. The van der Waals surface area contributed by atoms with E-state index in [9.17, 15) is 4.79 Å². The van der Waals surface area contributed by atoms with Crippen LogP contribution in [0.15, 0.2) is 26.8 Å². The highest BCUT2D eigenvalue weighted by Gasteiger charge is 2.14. The molecule has 0 aliphatic carbocycles. The zero-order valence-corrected chi connectivity index (χ0v) is 14.8. The summed E-state index contributed by atoms with van der Waals surface area (Å²) in [5.41, 5.74) is 11.1. The molecule has 0 spiro atoms. The van der Waals surface area contributed by atoms with E-state index in [4.69, 9.17) is 20.9 Å². The molecule has 0 radical (unpaired) electrons. The van der Waals surface area contributed by atoms with Gasteiger partial charge in [-0.2, -0.15) is 5.10 Å². The van der Waals surface area contributed by atoms with Crippen LogP contribution in [0.4, 0.5) is 0 Å². The molecule has 23 heavy (non-hydrogen) atoms. The normalized spacial score (nSPS) is 10.4. The summed E-state index contributed by atoms with van der Waals surface area (Å²) < 4.78 is 11.7. The summed E-state index contributed by atoms with van der Waals surface area (Å²) in [4.78, 5) is 13.1. The summed E-state index contributed by atoms with van der Waals surface area (Å²) in [7, 11) is 3.32. The van der Waals surface area contributed by atoms with Crippen molar-refractivity contribution in [2.45, 2.75) is 6.92 Å². The molecule has 0 aliphatic heterocycles. The first-order chi connectivity index (χ1) is 10.8. The van der Waals surface area contributed by atoms with Crippen molar-refractivity contribution >= 4 is 34.0 Å². The predicted molar refractivity (Wildman–Crippen MR) is 92.9 cm³/mol. The van der Waals surface area contributed by atoms with Crippen LogP contribution in [0.1, 0.15) is 12.5 Å². The van der Waals surface area contributed by atoms with Crippen molar-refractivity contribution in [1.82, 2.24) is 4.90 Å². The zero-order chi connectivity index (χ0) is 17.4. The van der Waals surface area contributed by atoms with E-state index in [2.05, 4.69) is 26.1 Å². The van der Waals surface area contributed by atoms with Gasteiger partial charge < -0.3 is 25.8 Å². The largest absolute Gasteiger partial charge is 0.490 e. The average molecular weight is 386 g/mol. The number of likely N-dealkylation sites (N-methyl/N-ethyl adjacent to an activating group) is 1. The van der Waals surface area contributed by atoms with Crippen molar-refractivity contribution in [2.75, 3.05) is 27.3 Å². The minimum atomic E-state index is -0.155. The topological polar surface area (TPSA) is 116 Å². The van der Waals surface area contributed by atoms with Gasteiger partial charge in [-0.05, 0) is 40.5 Å². The molecule has 1 amide bonds. The molecule has 0 saturated heterocycles. The van der Waals surface area contributed by atoms with Gasteiger partial charge in [-0.1, -0.05) is 0 Å². The van der Waals surface area contributed by atoms with Crippen molar-refractivity contribution in [1.29, 1.82) is 0 Å². The van der Waals surface area contributed by atoms with Gasteiger partial charge in [0.1, 0.15) is 0 Å². The van der Waals surface area contributed by atoms with Crippen LogP contribution in [0.5, 0.6) is 11.5 Å². The fraction of sp³-hybridized carbons (Fsp3) is 0.357. The Morgan fingerprint density at radius 3 is 2.61 bits per heavy atom. The first kappa shape index (κ1) is 18.8. The molecule has 0 unspecified atom stereocenters. The van der Waals surface area contributed by atoms with Crippen LogP contribution < -0.4 is 20.9 Å². The number of ether oxygens (including phenoxy) is 2. The number of hydrogen-bond acceptors (Lipinski definition) is 5. The van der Waals surface area contributed by atoms with Gasteiger partial charge in [0.25, 0.3) is 5.91 Å². The van der Waals surface area contributed by atoms with Gasteiger partial charge in [-0.25, -0.2) is 0 Å². The maximum atomic E-state index is 11.7. The van der Waals surface area contributed by atoms with E-state index in [0.717, 1.165) is 0 Å². The summed E-state index contributed by atoms with van der Waals surface area (Å²) in [6.07, 6.45) is 1.47. The van der Waals surface area contributed by atoms with Crippen LogP contribution in [-0.4, -0.2) is 50.3 Å². The molecule has 0 atom stereocenters. The standard InChI is InChI=1S/C14H20BrN5O3/c1-4-22-11-6-9(7-18-19-14(16)17)5-10(15)13(11)23-8-12(21)20(2)3/h5-7H,4,8H2,1-3H3,(H4,16,17,19)/b18-7-. The van der Waals surface area contributed by atoms with Gasteiger partial charge in [0.15, 0.2) is 18.1 Å². The molecular weight excluding hydrogens is 366 g/mol. The quantitative estimate of drug-likeness (QED) is 0.411. The Bertz CT molecular complexity index is 613. The lowest BCUT2D eigenvalue weighted by molar-refractivity contribution is -0.130. The van der Waals surface area contributed by atoms with E-state index in [1.807, 2.05) is 6.92 Å². The van der Waals surface area contributed by atoms with E-state index in [1.54, 1.807) is 26.2 Å². The Morgan fingerprint density at radius 2 is 2.04 bits per heavy atom. The number of benzene rings is 1. The van der Waals surface area contributed by atoms with Crippen molar-refractivity contribution in [3.05, 3.63) is 22.2 Å². The van der Waals surface area contributed by atoms with Crippen molar-refractivity contribution in [3.63, 3.8) is 0 Å². The molecule has 8 nitrogen and oxygen atoms in total. The van der Waals surface area contributed by atoms with Crippen LogP contribution in [0, 0.1) is 0 Å². The number of nitrogens with zero attached hydrogens (tertiary/aromatic N) is 3. The Morgan fingerprint density at radius 1 is 1.35 bits per heavy atom. The third-order valence-corrected chi connectivity index (χ3v) is 3.14. The first-order valence-corrected chi connectivity index (χ1v) is 7.55. The zero-order valence-electron chi connectivity index (χ0n) is 13.2. The number of nitrogens with two attached hydrogens (primary N) is 2. The Balaban J connectivity index is 3.04. The van der Waals surface area contributed by atoms with Crippen LogP contribution in [0.2, 0.25) is 0 Å². The first-order valence-electron chi connectivity index (χ1n) is 6.76. The minimum Gasteiger partial charge on any atom is -0.490 e. The van der Waals surface area contributed by atoms with Crippen LogP contribution in [0.3, 0.4) is 0 Å². The predicted octanol–water partition coefficient (Wildman–Crippen LogP) is 0.922. The van der Waals surface area contributed by atoms with E-state index in [-0.39, 0.29) is 18.5 Å². The van der Waals surface area contributed by atoms with Gasteiger partial charge in [-0.15, -0.1) is 5.10 Å².